The lowest BCUT2D eigenvalue weighted by Crippen LogP contribution is -2.27. The Morgan fingerprint density at radius 2 is 1.94 bits per heavy atom. The van der Waals surface area contributed by atoms with Crippen LogP contribution in [0, 0.1) is 0 Å². The monoisotopic (exact) mass is 420 g/mol. The van der Waals surface area contributed by atoms with Gasteiger partial charge in [-0.25, -0.2) is 4.98 Å². The van der Waals surface area contributed by atoms with Gasteiger partial charge in [0.1, 0.15) is 5.75 Å². The summed E-state index contributed by atoms with van der Waals surface area (Å²) in [6, 6.07) is 18.0. The summed E-state index contributed by atoms with van der Waals surface area (Å²) in [6.45, 7) is 0.226. The summed E-state index contributed by atoms with van der Waals surface area (Å²) < 4.78 is 16.3. The van der Waals surface area contributed by atoms with Gasteiger partial charge in [-0.2, -0.15) is 0 Å². The third kappa shape index (κ3) is 5.21. The number of para-hydroxylation sites is 1. The first-order valence-corrected chi connectivity index (χ1v) is 9.48. The van der Waals surface area contributed by atoms with E-state index in [0.717, 1.165) is 5.56 Å². The molecular weight excluding hydrogens is 400 g/mol. The van der Waals surface area contributed by atoms with Crippen LogP contribution in [0.1, 0.15) is 11.1 Å². The van der Waals surface area contributed by atoms with Crippen molar-refractivity contribution in [1.29, 1.82) is 0 Å². The summed E-state index contributed by atoms with van der Waals surface area (Å²) in [5.41, 5.74) is 7.33. The highest BCUT2D eigenvalue weighted by atomic mass is 16.7. The number of amides is 1. The van der Waals surface area contributed by atoms with E-state index < -0.39 is 0 Å². The molecule has 3 N–H and O–H groups in total. The maximum absolute atomic E-state index is 12.0. The molecule has 0 bridgehead atoms. The summed E-state index contributed by atoms with van der Waals surface area (Å²) in [4.78, 5) is 21.3. The van der Waals surface area contributed by atoms with Gasteiger partial charge in [0.05, 0.1) is 5.56 Å². The third-order valence-corrected chi connectivity index (χ3v) is 4.29. The number of oxime groups is 1. The second-order valence-electron chi connectivity index (χ2n) is 6.49. The molecule has 1 aliphatic heterocycles. The fourth-order valence-electron chi connectivity index (χ4n) is 2.78. The number of nitrogens with one attached hydrogen (secondary N) is 1. The Bertz CT molecular complexity index is 1090. The number of pyridine rings is 1. The molecule has 158 valence electrons. The average Bonchev–Trinajstić information content (AvgIpc) is 3.27. The molecular formula is C22H20N4O5. The minimum absolute atomic E-state index is 0.0441. The second-order valence-corrected chi connectivity index (χ2v) is 6.49. The number of nitrogens with zero attached hydrogens (tertiary/aromatic N) is 2. The highest BCUT2D eigenvalue weighted by Gasteiger charge is 2.14. The summed E-state index contributed by atoms with van der Waals surface area (Å²) in [7, 11) is 0. The van der Waals surface area contributed by atoms with Crippen molar-refractivity contribution in [1.82, 2.24) is 10.3 Å². The number of carbonyl (C=O) groups excluding carboxylic acids is 1. The van der Waals surface area contributed by atoms with Crippen LogP contribution in [0.2, 0.25) is 0 Å². The molecule has 0 aliphatic carbocycles. The molecule has 3 aromatic rings. The number of benzene rings is 2. The van der Waals surface area contributed by atoms with Crippen LogP contribution >= 0.6 is 0 Å². The van der Waals surface area contributed by atoms with Crippen LogP contribution in [-0.2, 0) is 16.2 Å². The number of fused-ring (bicyclic) bond motifs is 1. The van der Waals surface area contributed by atoms with Gasteiger partial charge in [-0.1, -0.05) is 29.4 Å². The molecule has 1 aliphatic rings. The number of amidine groups is 1. The smallest absolute Gasteiger partial charge is 0.261 e. The Morgan fingerprint density at radius 3 is 2.81 bits per heavy atom. The van der Waals surface area contributed by atoms with Gasteiger partial charge in [-0.15, -0.1) is 0 Å². The Labute approximate surface area is 178 Å². The van der Waals surface area contributed by atoms with E-state index in [0.29, 0.717) is 29.4 Å². The van der Waals surface area contributed by atoms with Crippen LogP contribution in [0.3, 0.4) is 0 Å². The van der Waals surface area contributed by atoms with Crippen molar-refractivity contribution < 1.29 is 23.8 Å². The lowest BCUT2D eigenvalue weighted by Gasteiger charge is -2.09. The molecule has 0 radical (unpaired) electrons. The number of carbonyl (C=O) groups is 1. The summed E-state index contributed by atoms with van der Waals surface area (Å²) in [5.74, 6) is 1.94. The predicted molar refractivity (Wildman–Crippen MR) is 112 cm³/mol. The van der Waals surface area contributed by atoms with Crippen LogP contribution in [0.5, 0.6) is 23.1 Å². The lowest BCUT2D eigenvalue weighted by atomic mass is 10.2. The van der Waals surface area contributed by atoms with Gasteiger partial charge in [-0.05, 0) is 42.0 Å². The number of ether oxygens (including phenoxy) is 3. The van der Waals surface area contributed by atoms with Crippen LogP contribution < -0.4 is 25.3 Å². The molecule has 4 rings (SSSR count). The zero-order chi connectivity index (χ0) is 21.5. The molecule has 0 saturated heterocycles. The fourth-order valence-corrected chi connectivity index (χ4v) is 2.78. The zero-order valence-electron chi connectivity index (χ0n) is 16.5. The van der Waals surface area contributed by atoms with Crippen LogP contribution in [0.25, 0.3) is 0 Å². The quantitative estimate of drug-likeness (QED) is 0.327. The highest BCUT2D eigenvalue weighted by Crippen LogP contribution is 2.32. The van der Waals surface area contributed by atoms with Gasteiger partial charge in [0.2, 0.25) is 12.7 Å². The van der Waals surface area contributed by atoms with E-state index in [1.165, 1.54) is 0 Å². The molecule has 0 fully saturated rings. The number of nitrogens with two attached hydrogens (primary N) is 1. The fraction of sp³-hybridized carbons (Fsp3) is 0.136. The van der Waals surface area contributed by atoms with E-state index in [1.54, 1.807) is 36.5 Å². The Morgan fingerprint density at radius 1 is 1.10 bits per heavy atom. The number of hydrogen-bond acceptors (Lipinski definition) is 7. The molecule has 0 spiro atoms. The molecule has 1 amide bonds. The van der Waals surface area contributed by atoms with Crippen molar-refractivity contribution in [3.8, 4) is 23.1 Å². The van der Waals surface area contributed by atoms with Crippen LogP contribution in [0.15, 0.2) is 72.0 Å². The van der Waals surface area contributed by atoms with E-state index >= 15 is 0 Å². The Kier molecular flexibility index (Phi) is 6.13. The molecule has 0 unspecified atom stereocenters. The van der Waals surface area contributed by atoms with Gasteiger partial charge in [0.25, 0.3) is 5.91 Å². The average molecular weight is 420 g/mol. The van der Waals surface area contributed by atoms with Crippen molar-refractivity contribution in [2.24, 2.45) is 10.9 Å². The number of rotatable bonds is 8. The zero-order valence-corrected chi connectivity index (χ0v) is 16.5. The minimum atomic E-state index is -0.346. The van der Waals surface area contributed by atoms with E-state index in [-0.39, 0.29) is 31.0 Å². The summed E-state index contributed by atoms with van der Waals surface area (Å²) >= 11 is 0. The van der Waals surface area contributed by atoms with Gasteiger partial charge in [-0.3, -0.25) is 4.79 Å². The second kappa shape index (κ2) is 9.49. The first-order chi connectivity index (χ1) is 15.2. The molecule has 31 heavy (non-hydrogen) atoms. The largest absolute Gasteiger partial charge is 0.454 e. The molecule has 0 atom stereocenters. The SMILES string of the molecule is N/C(=N/OCC(=O)NCc1ccc2c(c1)OCO2)c1cccnc1Oc1ccccc1. The topological polar surface area (TPSA) is 117 Å². The van der Waals surface area contributed by atoms with Crippen molar-refractivity contribution in [2.75, 3.05) is 13.4 Å². The molecule has 1 aromatic heterocycles. The van der Waals surface area contributed by atoms with Crippen molar-refractivity contribution in [3.63, 3.8) is 0 Å². The van der Waals surface area contributed by atoms with Gasteiger partial charge in [0, 0.05) is 12.7 Å². The maximum Gasteiger partial charge on any atom is 0.261 e. The first kappa shape index (κ1) is 20.0. The predicted octanol–water partition coefficient (Wildman–Crippen LogP) is 2.56. The van der Waals surface area contributed by atoms with Gasteiger partial charge in [0.15, 0.2) is 23.9 Å². The van der Waals surface area contributed by atoms with E-state index in [9.17, 15) is 4.79 Å². The highest BCUT2D eigenvalue weighted by molar-refractivity contribution is 5.99. The molecule has 2 aromatic carbocycles. The van der Waals surface area contributed by atoms with Crippen molar-refractivity contribution >= 4 is 11.7 Å². The van der Waals surface area contributed by atoms with Crippen LogP contribution in [-0.4, -0.2) is 30.1 Å². The molecule has 9 nitrogen and oxygen atoms in total. The van der Waals surface area contributed by atoms with Gasteiger partial charge >= 0.3 is 0 Å². The normalized spacial score (nSPS) is 12.3. The Hall–Kier alpha value is -4.27. The van der Waals surface area contributed by atoms with E-state index in [4.69, 9.17) is 24.8 Å². The minimum Gasteiger partial charge on any atom is -0.454 e. The van der Waals surface area contributed by atoms with Gasteiger partial charge < -0.3 is 30.1 Å². The van der Waals surface area contributed by atoms with Crippen LogP contribution in [0.4, 0.5) is 0 Å². The summed E-state index contributed by atoms with van der Waals surface area (Å²) in [6.07, 6.45) is 1.58. The third-order valence-electron chi connectivity index (χ3n) is 4.29. The molecule has 9 heteroatoms. The maximum atomic E-state index is 12.0. The molecule has 0 saturated carbocycles. The Balaban J connectivity index is 1.30. The van der Waals surface area contributed by atoms with E-state index in [1.807, 2.05) is 30.3 Å². The lowest BCUT2D eigenvalue weighted by molar-refractivity contribution is -0.125. The molecule has 2 heterocycles. The number of hydrogen-bond donors (Lipinski definition) is 2. The van der Waals surface area contributed by atoms with Crippen molar-refractivity contribution in [2.45, 2.75) is 6.54 Å². The standard InChI is InChI=1S/C22H20N4O5/c23-21(17-7-4-10-24-22(17)31-16-5-2-1-3-6-16)26-30-13-20(27)25-12-15-8-9-18-19(11-15)29-14-28-18/h1-11H,12-14H2,(H2,23,26)(H,25,27). The summed E-state index contributed by atoms with van der Waals surface area (Å²) in [5, 5.41) is 6.56. The number of aromatic nitrogens is 1. The first-order valence-electron chi connectivity index (χ1n) is 9.48. The van der Waals surface area contributed by atoms with E-state index in [2.05, 4.69) is 15.5 Å². The van der Waals surface area contributed by atoms with Crippen molar-refractivity contribution in [3.05, 3.63) is 78.0 Å².